The molecule has 0 aliphatic carbocycles. The Labute approximate surface area is 141 Å². The molecule has 0 fully saturated rings. The van der Waals surface area contributed by atoms with E-state index in [0.717, 1.165) is 21.2 Å². The van der Waals surface area contributed by atoms with Gasteiger partial charge in [-0.3, -0.25) is 0 Å². The quantitative estimate of drug-likeness (QED) is 0.540. The number of hydrogen-bond acceptors (Lipinski definition) is 3. The standard InChI is InChI=1S/C16H13BrN4S/c1-11-6-2-4-8-13(11)15-19-20-16(22)21(15)18-10-12-7-3-5-9-14(12)17/h2-10H,1H3,(H,20,22)/b18-10+. The van der Waals surface area contributed by atoms with Crippen molar-refractivity contribution < 1.29 is 0 Å². The van der Waals surface area contributed by atoms with Gasteiger partial charge in [-0.15, -0.1) is 0 Å². The van der Waals surface area contributed by atoms with Gasteiger partial charge in [0.2, 0.25) is 4.77 Å². The number of nitrogens with zero attached hydrogens (tertiary/aromatic N) is 3. The van der Waals surface area contributed by atoms with Gasteiger partial charge in [0.25, 0.3) is 0 Å². The van der Waals surface area contributed by atoms with Crippen molar-refractivity contribution in [3.8, 4) is 11.4 Å². The molecule has 1 heterocycles. The van der Waals surface area contributed by atoms with Gasteiger partial charge < -0.3 is 0 Å². The van der Waals surface area contributed by atoms with Gasteiger partial charge >= 0.3 is 0 Å². The molecule has 3 rings (SSSR count). The van der Waals surface area contributed by atoms with Crippen LogP contribution in [0.15, 0.2) is 58.1 Å². The van der Waals surface area contributed by atoms with Crippen LogP contribution >= 0.6 is 28.1 Å². The highest BCUT2D eigenvalue weighted by Gasteiger charge is 2.10. The Bertz CT molecular complexity index is 895. The molecule has 0 spiro atoms. The minimum absolute atomic E-state index is 0.460. The van der Waals surface area contributed by atoms with E-state index in [0.29, 0.717) is 10.6 Å². The van der Waals surface area contributed by atoms with E-state index >= 15 is 0 Å². The molecule has 0 bridgehead atoms. The second-order valence-corrected chi connectivity index (χ2v) is 5.99. The van der Waals surface area contributed by atoms with E-state index < -0.39 is 0 Å². The number of rotatable bonds is 3. The van der Waals surface area contributed by atoms with E-state index in [1.165, 1.54) is 0 Å². The summed E-state index contributed by atoms with van der Waals surface area (Å²) < 4.78 is 3.07. The minimum Gasteiger partial charge on any atom is -0.250 e. The van der Waals surface area contributed by atoms with Gasteiger partial charge in [-0.1, -0.05) is 58.4 Å². The van der Waals surface area contributed by atoms with Crippen LogP contribution in [0.4, 0.5) is 0 Å². The van der Waals surface area contributed by atoms with E-state index in [1.807, 2.05) is 55.5 Å². The lowest BCUT2D eigenvalue weighted by Gasteiger charge is -2.04. The summed E-state index contributed by atoms with van der Waals surface area (Å²) in [6, 6.07) is 15.9. The van der Waals surface area contributed by atoms with Gasteiger partial charge in [0, 0.05) is 15.6 Å². The molecule has 0 amide bonds. The molecule has 0 unspecified atom stereocenters. The minimum atomic E-state index is 0.460. The van der Waals surface area contributed by atoms with E-state index in [1.54, 1.807) is 10.9 Å². The Kier molecular flexibility index (Phi) is 4.31. The third-order valence-electron chi connectivity index (χ3n) is 3.25. The lowest BCUT2D eigenvalue weighted by Crippen LogP contribution is -1.96. The zero-order valence-electron chi connectivity index (χ0n) is 11.8. The molecule has 0 saturated heterocycles. The predicted octanol–water partition coefficient (Wildman–Crippen LogP) is 4.56. The van der Waals surface area contributed by atoms with Gasteiger partial charge in [-0.05, 0) is 30.8 Å². The number of aromatic nitrogens is 3. The van der Waals surface area contributed by atoms with E-state index in [2.05, 4.69) is 31.2 Å². The summed E-state index contributed by atoms with van der Waals surface area (Å²) in [7, 11) is 0. The molecular weight excluding hydrogens is 360 g/mol. The maximum absolute atomic E-state index is 5.28. The number of hydrogen-bond donors (Lipinski definition) is 1. The van der Waals surface area contributed by atoms with Crippen LogP contribution in [0.5, 0.6) is 0 Å². The molecule has 4 nitrogen and oxygen atoms in total. The molecule has 3 aromatic rings. The highest BCUT2D eigenvalue weighted by atomic mass is 79.9. The van der Waals surface area contributed by atoms with Crippen LogP contribution in [0.1, 0.15) is 11.1 Å². The monoisotopic (exact) mass is 372 g/mol. The molecule has 0 aliphatic heterocycles. The molecule has 0 saturated carbocycles. The van der Waals surface area contributed by atoms with Crippen molar-refractivity contribution in [2.45, 2.75) is 6.92 Å². The fourth-order valence-electron chi connectivity index (χ4n) is 2.10. The van der Waals surface area contributed by atoms with E-state index in [4.69, 9.17) is 12.2 Å². The fourth-order valence-corrected chi connectivity index (χ4v) is 2.66. The topological polar surface area (TPSA) is 46.0 Å². The van der Waals surface area contributed by atoms with E-state index in [9.17, 15) is 0 Å². The van der Waals surface area contributed by atoms with E-state index in [-0.39, 0.29) is 0 Å². The Hall–Kier alpha value is -2.05. The van der Waals surface area contributed by atoms with Gasteiger partial charge in [0.05, 0.1) is 6.21 Å². The predicted molar refractivity (Wildman–Crippen MR) is 94.7 cm³/mol. The highest BCUT2D eigenvalue weighted by Crippen LogP contribution is 2.21. The molecule has 1 aromatic heterocycles. The molecule has 110 valence electrons. The maximum atomic E-state index is 5.28. The van der Waals surface area contributed by atoms with Crippen LogP contribution in [0.3, 0.4) is 0 Å². The first-order valence-corrected chi connectivity index (χ1v) is 7.89. The van der Waals surface area contributed by atoms with Crippen LogP contribution in [0.2, 0.25) is 0 Å². The summed E-state index contributed by atoms with van der Waals surface area (Å²) in [5.41, 5.74) is 3.09. The van der Waals surface area contributed by atoms with Crippen molar-refractivity contribution in [3.63, 3.8) is 0 Å². The molecule has 6 heteroatoms. The Morgan fingerprint density at radius 1 is 1.18 bits per heavy atom. The fraction of sp³-hybridized carbons (Fsp3) is 0.0625. The van der Waals surface area contributed by atoms with Crippen molar-refractivity contribution >= 4 is 34.4 Å². The zero-order valence-corrected chi connectivity index (χ0v) is 14.2. The van der Waals surface area contributed by atoms with Crippen LogP contribution in [-0.4, -0.2) is 21.1 Å². The number of aromatic amines is 1. The Balaban J connectivity index is 2.06. The first-order chi connectivity index (χ1) is 10.7. The van der Waals surface area contributed by atoms with Gasteiger partial charge in [0.1, 0.15) is 0 Å². The summed E-state index contributed by atoms with van der Waals surface area (Å²) in [5.74, 6) is 0.700. The van der Waals surface area contributed by atoms with Crippen molar-refractivity contribution in [1.29, 1.82) is 0 Å². The molecular formula is C16H13BrN4S. The second kappa shape index (κ2) is 6.37. The summed E-state index contributed by atoms with van der Waals surface area (Å²) in [4.78, 5) is 0. The average molecular weight is 373 g/mol. The first-order valence-electron chi connectivity index (χ1n) is 6.69. The Morgan fingerprint density at radius 3 is 2.68 bits per heavy atom. The average Bonchev–Trinajstić information content (AvgIpc) is 2.88. The lowest BCUT2D eigenvalue weighted by atomic mass is 10.1. The maximum Gasteiger partial charge on any atom is 0.216 e. The number of nitrogens with one attached hydrogen (secondary N) is 1. The molecule has 1 N–H and O–H groups in total. The zero-order chi connectivity index (χ0) is 15.5. The molecule has 2 aromatic carbocycles. The van der Waals surface area contributed by atoms with Crippen LogP contribution < -0.4 is 0 Å². The van der Waals surface area contributed by atoms with Crippen molar-refractivity contribution in [2.24, 2.45) is 5.10 Å². The number of benzene rings is 2. The number of aryl methyl sites for hydroxylation is 1. The van der Waals surface area contributed by atoms with Crippen molar-refractivity contribution in [1.82, 2.24) is 14.9 Å². The number of H-pyrrole nitrogens is 1. The molecule has 0 radical (unpaired) electrons. The van der Waals surface area contributed by atoms with Gasteiger partial charge in [0.15, 0.2) is 5.82 Å². The lowest BCUT2D eigenvalue weighted by molar-refractivity contribution is 0.870. The summed E-state index contributed by atoms with van der Waals surface area (Å²) in [6.45, 7) is 2.04. The first kappa shape index (κ1) is 14.9. The van der Waals surface area contributed by atoms with Crippen LogP contribution in [0, 0.1) is 11.7 Å². The molecule has 22 heavy (non-hydrogen) atoms. The van der Waals surface area contributed by atoms with Crippen LogP contribution in [0.25, 0.3) is 11.4 Å². The van der Waals surface area contributed by atoms with Gasteiger partial charge in [-0.2, -0.15) is 14.9 Å². The summed E-state index contributed by atoms with van der Waals surface area (Å²) in [6.07, 6.45) is 1.76. The summed E-state index contributed by atoms with van der Waals surface area (Å²) >= 11 is 8.79. The smallest absolute Gasteiger partial charge is 0.216 e. The largest absolute Gasteiger partial charge is 0.250 e. The summed E-state index contributed by atoms with van der Waals surface area (Å²) in [5, 5.41) is 11.6. The molecule has 0 aliphatic rings. The van der Waals surface area contributed by atoms with Crippen LogP contribution in [-0.2, 0) is 0 Å². The Morgan fingerprint density at radius 2 is 1.91 bits per heavy atom. The third-order valence-corrected chi connectivity index (χ3v) is 4.24. The SMILES string of the molecule is Cc1ccccc1-c1n[nH]c(=S)n1/N=C/c1ccccc1Br. The van der Waals surface area contributed by atoms with Crippen molar-refractivity contribution in [3.05, 3.63) is 68.9 Å². The second-order valence-electron chi connectivity index (χ2n) is 4.75. The normalized spacial score (nSPS) is 11.2. The van der Waals surface area contributed by atoms with Crippen molar-refractivity contribution in [2.75, 3.05) is 0 Å². The van der Waals surface area contributed by atoms with Gasteiger partial charge in [-0.25, -0.2) is 5.10 Å². The third kappa shape index (κ3) is 2.93. The number of halogens is 1. The highest BCUT2D eigenvalue weighted by molar-refractivity contribution is 9.10. The molecule has 0 atom stereocenters.